The van der Waals surface area contributed by atoms with Crippen LogP contribution in [0.25, 0.3) is 0 Å². The molecule has 0 heterocycles. The van der Waals surface area contributed by atoms with E-state index in [-0.39, 0.29) is 17.3 Å². The zero-order valence-electron chi connectivity index (χ0n) is 9.34. The Morgan fingerprint density at radius 3 is 2.57 bits per heavy atom. The van der Waals surface area contributed by atoms with Crippen molar-refractivity contribution in [3.8, 4) is 0 Å². The summed E-state index contributed by atoms with van der Waals surface area (Å²) >= 11 is 3.32. The van der Waals surface area contributed by atoms with Crippen molar-refractivity contribution in [3.05, 3.63) is 12.2 Å². The highest BCUT2D eigenvalue weighted by Gasteiger charge is 2.29. The average molecular weight is 263 g/mol. The molecule has 3 heteroatoms. The molecule has 0 spiro atoms. The third-order valence-electron chi connectivity index (χ3n) is 2.39. The Kier molecular flexibility index (Phi) is 6.09. The summed E-state index contributed by atoms with van der Waals surface area (Å²) in [6.07, 6.45) is 4.05. The second kappa shape index (κ2) is 6.23. The Hall–Kier alpha value is -0.310. The number of rotatable bonds is 5. The van der Waals surface area contributed by atoms with Gasteiger partial charge in [0, 0.05) is 5.33 Å². The van der Waals surface area contributed by atoms with Crippen LogP contribution in [-0.4, -0.2) is 17.9 Å². The van der Waals surface area contributed by atoms with Gasteiger partial charge >= 0.3 is 5.97 Å². The van der Waals surface area contributed by atoms with Crippen molar-refractivity contribution < 1.29 is 9.53 Å². The minimum Gasteiger partial charge on any atom is -0.466 e. The lowest BCUT2D eigenvalue weighted by Gasteiger charge is -2.26. The molecule has 0 saturated heterocycles. The van der Waals surface area contributed by atoms with E-state index in [2.05, 4.69) is 15.9 Å². The number of carbonyl (C=O) groups is 1. The van der Waals surface area contributed by atoms with E-state index in [4.69, 9.17) is 4.74 Å². The van der Waals surface area contributed by atoms with E-state index < -0.39 is 0 Å². The van der Waals surface area contributed by atoms with E-state index >= 15 is 0 Å². The standard InChI is InChI=1S/C11H19BrO2/c1-5-14-10(13)9(2)11(3,4)7-6-8-12/h6-7,9H,5,8H2,1-4H3. The second-order valence-corrected chi connectivity index (χ2v) is 4.50. The summed E-state index contributed by atoms with van der Waals surface area (Å²) in [4.78, 5) is 11.5. The first-order chi connectivity index (χ1) is 6.45. The van der Waals surface area contributed by atoms with Crippen LogP contribution < -0.4 is 0 Å². The first kappa shape index (κ1) is 13.7. The van der Waals surface area contributed by atoms with Crippen molar-refractivity contribution in [2.45, 2.75) is 27.7 Å². The summed E-state index contributed by atoms with van der Waals surface area (Å²) in [6, 6.07) is 0. The van der Waals surface area contributed by atoms with Crippen LogP contribution in [0, 0.1) is 11.3 Å². The lowest BCUT2D eigenvalue weighted by molar-refractivity contribution is -0.150. The molecule has 1 atom stereocenters. The third kappa shape index (κ3) is 4.27. The van der Waals surface area contributed by atoms with Crippen LogP contribution in [0.4, 0.5) is 0 Å². The molecule has 0 aliphatic carbocycles. The van der Waals surface area contributed by atoms with Crippen molar-refractivity contribution in [1.82, 2.24) is 0 Å². The number of hydrogen-bond acceptors (Lipinski definition) is 2. The van der Waals surface area contributed by atoms with Gasteiger partial charge in [-0.25, -0.2) is 0 Å². The number of ether oxygens (including phenoxy) is 1. The minimum absolute atomic E-state index is 0.113. The average Bonchev–Trinajstić information content (AvgIpc) is 2.14. The van der Waals surface area contributed by atoms with E-state index in [1.54, 1.807) is 0 Å². The molecule has 0 bridgehead atoms. The lowest BCUT2D eigenvalue weighted by atomic mass is 9.80. The van der Waals surface area contributed by atoms with Gasteiger partial charge in [-0.05, 0) is 12.3 Å². The molecule has 0 aliphatic heterocycles. The van der Waals surface area contributed by atoms with Gasteiger partial charge in [-0.3, -0.25) is 4.79 Å². The molecule has 0 aromatic rings. The predicted octanol–water partition coefficient (Wildman–Crippen LogP) is 3.16. The molecule has 2 nitrogen and oxygen atoms in total. The zero-order chi connectivity index (χ0) is 11.2. The summed E-state index contributed by atoms with van der Waals surface area (Å²) in [5.41, 5.74) is -0.153. The molecule has 82 valence electrons. The van der Waals surface area contributed by atoms with Crippen molar-refractivity contribution in [2.24, 2.45) is 11.3 Å². The van der Waals surface area contributed by atoms with Gasteiger partial charge in [-0.2, -0.15) is 0 Å². The molecule has 0 N–H and O–H groups in total. The molecule has 0 radical (unpaired) electrons. The van der Waals surface area contributed by atoms with Crippen LogP contribution in [0.5, 0.6) is 0 Å². The Bertz CT molecular complexity index is 209. The van der Waals surface area contributed by atoms with E-state index in [1.807, 2.05) is 39.8 Å². The first-order valence-electron chi connectivity index (χ1n) is 4.86. The number of halogens is 1. The van der Waals surface area contributed by atoms with Crippen LogP contribution >= 0.6 is 15.9 Å². The van der Waals surface area contributed by atoms with Crippen LogP contribution in [0.1, 0.15) is 27.7 Å². The lowest BCUT2D eigenvalue weighted by Crippen LogP contribution is -2.28. The molecular formula is C11H19BrO2. The Balaban J connectivity index is 4.40. The van der Waals surface area contributed by atoms with Gasteiger partial charge in [0.05, 0.1) is 12.5 Å². The SMILES string of the molecule is CCOC(=O)C(C)C(C)(C)C=CCBr. The van der Waals surface area contributed by atoms with Crippen molar-refractivity contribution in [2.75, 3.05) is 11.9 Å². The molecule has 0 fully saturated rings. The van der Waals surface area contributed by atoms with Gasteiger partial charge in [0.2, 0.25) is 0 Å². The summed E-state index contributed by atoms with van der Waals surface area (Å²) in [5, 5.41) is 0.811. The zero-order valence-corrected chi connectivity index (χ0v) is 10.9. The topological polar surface area (TPSA) is 26.3 Å². The van der Waals surface area contributed by atoms with Crippen LogP contribution in [0.3, 0.4) is 0 Å². The number of alkyl halides is 1. The van der Waals surface area contributed by atoms with Crippen molar-refractivity contribution in [1.29, 1.82) is 0 Å². The molecule has 0 aromatic carbocycles. The highest BCUT2D eigenvalue weighted by molar-refractivity contribution is 9.09. The Morgan fingerprint density at radius 2 is 2.14 bits per heavy atom. The molecule has 14 heavy (non-hydrogen) atoms. The van der Waals surface area contributed by atoms with Gasteiger partial charge < -0.3 is 4.74 Å². The number of allylic oxidation sites excluding steroid dienone is 2. The van der Waals surface area contributed by atoms with E-state index in [9.17, 15) is 4.79 Å². The first-order valence-corrected chi connectivity index (χ1v) is 5.98. The van der Waals surface area contributed by atoms with Crippen molar-refractivity contribution >= 4 is 21.9 Å². The molecular weight excluding hydrogens is 244 g/mol. The predicted molar refractivity (Wildman–Crippen MR) is 62.5 cm³/mol. The molecule has 0 aliphatic rings. The van der Waals surface area contributed by atoms with Gasteiger partial charge in [0.15, 0.2) is 0 Å². The van der Waals surface area contributed by atoms with E-state index in [1.165, 1.54) is 0 Å². The maximum atomic E-state index is 11.5. The Labute approximate surface area is 94.8 Å². The minimum atomic E-state index is -0.153. The summed E-state index contributed by atoms with van der Waals surface area (Å²) in [6.45, 7) is 8.24. The highest BCUT2D eigenvalue weighted by atomic mass is 79.9. The molecule has 0 amide bonds. The smallest absolute Gasteiger partial charge is 0.309 e. The molecule has 0 rings (SSSR count). The Morgan fingerprint density at radius 1 is 1.57 bits per heavy atom. The van der Waals surface area contributed by atoms with Gasteiger partial charge in [-0.15, -0.1) is 0 Å². The third-order valence-corrected chi connectivity index (χ3v) is 2.77. The normalized spacial score (nSPS) is 14.4. The van der Waals surface area contributed by atoms with E-state index in [0.29, 0.717) is 6.61 Å². The largest absolute Gasteiger partial charge is 0.466 e. The monoisotopic (exact) mass is 262 g/mol. The summed E-state index contributed by atoms with van der Waals surface area (Å²) in [5.74, 6) is -0.241. The van der Waals surface area contributed by atoms with Crippen LogP contribution in [-0.2, 0) is 9.53 Å². The van der Waals surface area contributed by atoms with E-state index in [0.717, 1.165) is 5.33 Å². The second-order valence-electron chi connectivity index (χ2n) is 3.85. The molecule has 0 saturated carbocycles. The number of hydrogen-bond donors (Lipinski definition) is 0. The number of carbonyl (C=O) groups excluding carboxylic acids is 1. The van der Waals surface area contributed by atoms with Crippen LogP contribution in [0.2, 0.25) is 0 Å². The van der Waals surface area contributed by atoms with Gasteiger partial charge in [0.1, 0.15) is 0 Å². The van der Waals surface area contributed by atoms with Gasteiger partial charge in [0.25, 0.3) is 0 Å². The quantitative estimate of drug-likeness (QED) is 0.432. The molecule has 0 aromatic heterocycles. The van der Waals surface area contributed by atoms with Crippen molar-refractivity contribution in [3.63, 3.8) is 0 Å². The maximum absolute atomic E-state index is 11.5. The molecule has 1 unspecified atom stereocenters. The van der Waals surface area contributed by atoms with Gasteiger partial charge in [-0.1, -0.05) is 48.9 Å². The maximum Gasteiger partial charge on any atom is 0.309 e. The summed E-state index contributed by atoms with van der Waals surface area (Å²) < 4.78 is 4.99. The fourth-order valence-electron chi connectivity index (χ4n) is 1.06. The highest BCUT2D eigenvalue weighted by Crippen LogP contribution is 2.29. The fourth-order valence-corrected chi connectivity index (χ4v) is 1.25. The summed E-state index contributed by atoms with van der Waals surface area (Å²) in [7, 11) is 0. The fraction of sp³-hybridized carbons (Fsp3) is 0.727. The van der Waals surface area contributed by atoms with Crippen LogP contribution in [0.15, 0.2) is 12.2 Å². The number of esters is 1.